The highest BCUT2D eigenvalue weighted by Crippen LogP contribution is 2.61. The zero-order chi connectivity index (χ0) is 8.82. The zero-order valence-corrected chi connectivity index (χ0v) is 7.71. The minimum Gasteiger partial charge on any atom is -0.396 e. The summed E-state index contributed by atoms with van der Waals surface area (Å²) in [5.74, 6) is 0.155. The third-order valence-electron chi connectivity index (χ3n) is 4.17. The van der Waals surface area contributed by atoms with Crippen LogP contribution in [0, 0.1) is 11.3 Å². The van der Waals surface area contributed by atoms with Gasteiger partial charge < -0.3 is 10.2 Å². The molecule has 2 aliphatic rings. The lowest BCUT2D eigenvalue weighted by atomic mass is 9.46. The Hall–Kier alpha value is -0.0800. The fourth-order valence-electron chi connectivity index (χ4n) is 3.20. The second-order valence-corrected chi connectivity index (χ2v) is 4.78. The maximum Gasteiger partial charge on any atom is 0.0751 e. The predicted molar refractivity (Wildman–Crippen MR) is 46.7 cm³/mol. The first-order chi connectivity index (χ1) is 5.62. The van der Waals surface area contributed by atoms with E-state index in [1.807, 2.05) is 0 Å². The van der Waals surface area contributed by atoms with Crippen molar-refractivity contribution in [1.82, 2.24) is 0 Å². The predicted octanol–water partition coefficient (Wildman–Crippen LogP) is 1.31. The third kappa shape index (κ3) is 0.826. The first-order valence-corrected chi connectivity index (χ1v) is 4.96. The van der Waals surface area contributed by atoms with Gasteiger partial charge in [-0.15, -0.1) is 0 Å². The van der Waals surface area contributed by atoms with Crippen LogP contribution in [0.4, 0.5) is 0 Å². The van der Waals surface area contributed by atoms with E-state index in [1.54, 1.807) is 0 Å². The van der Waals surface area contributed by atoms with Crippen molar-refractivity contribution in [3.63, 3.8) is 0 Å². The van der Waals surface area contributed by atoms with E-state index >= 15 is 0 Å². The topological polar surface area (TPSA) is 40.5 Å². The van der Waals surface area contributed by atoms with E-state index in [2.05, 4.69) is 6.92 Å². The van der Waals surface area contributed by atoms with Crippen molar-refractivity contribution in [1.29, 1.82) is 0 Å². The summed E-state index contributed by atoms with van der Waals surface area (Å²) in [6, 6.07) is 0. The molecule has 2 N–H and O–H groups in total. The lowest BCUT2D eigenvalue weighted by molar-refractivity contribution is -0.239. The number of aliphatic hydroxyl groups excluding tert-OH is 1. The Bertz CT molecular complexity index is 192. The van der Waals surface area contributed by atoms with Crippen molar-refractivity contribution < 1.29 is 10.2 Å². The lowest BCUT2D eigenvalue weighted by Gasteiger charge is -2.62. The summed E-state index contributed by atoms with van der Waals surface area (Å²) in [4.78, 5) is 0. The maximum absolute atomic E-state index is 10.3. The van der Waals surface area contributed by atoms with Crippen LogP contribution < -0.4 is 0 Å². The molecule has 2 rings (SSSR count). The van der Waals surface area contributed by atoms with Gasteiger partial charge in [-0.3, -0.25) is 0 Å². The van der Waals surface area contributed by atoms with Gasteiger partial charge in [0.1, 0.15) is 0 Å². The van der Waals surface area contributed by atoms with Gasteiger partial charge in [-0.2, -0.15) is 0 Å². The number of aliphatic hydroxyl groups is 2. The van der Waals surface area contributed by atoms with E-state index in [0.29, 0.717) is 0 Å². The monoisotopic (exact) mass is 170 g/mol. The average Bonchev–Trinajstić information content (AvgIpc) is 2.05. The number of hydrogen-bond acceptors (Lipinski definition) is 2. The Balaban J connectivity index is 2.16. The molecule has 0 aromatic rings. The molecule has 12 heavy (non-hydrogen) atoms. The molecular formula is C10H18O2. The van der Waals surface area contributed by atoms with Crippen molar-refractivity contribution in [2.24, 2.45) is 11.3 Å². The van der Waals surface area contributed by atoms with E-state index in [9.17, 15) is 5.11 Å². The first-order valence-electron chi connectivity index (χ1n) is 4.96. The molecule has 0 unspecified atom stereocenters. The molecule has 0 aliphatic heterocycles. The Morgan fingerprint density at radius 3 is 2.58 bits per heavy atom. The van der Waals surface area contributed by atoms with E-state index in [1.165, 1.54) is 6.42 Å². The lowest BCUT2D eigenvalue weighted by Crippen LogP contribution is -2.65. The number of hydrogen-bond donors (Lipinski definition) is 2. The SMILES string of the molecule is C[C@@]12CCCC[C@]1(O)[C@H](CO)C2. The molecule has 2 saturated carbocycles. The molecule has 0 spiro atoms. The second-order valence-electron chi connectivity index (χ2n) is 4.78. The van der Waals surface area contributed by atoms with Crippen LogP contribution in [0.1, 0.15) is 39.0 Å². The number of rotatable bonds is 1. The van der Waals surface area contributed by atoms with Crippen molar-refractivity contribution in [3.05, 3.63) is 0 Å². The van der Waals surface area contributed by atoms with Crippen LogP contribution in [0.15, 0.2) is 0 Å². The molecule has 0 aromatic carbocycles. The normalized spacial score (nSPS) is 52.8. The minimum atomic E-state index is -0.528. The fourth-order valence-corrected chi connectivity index (χ4v) is 3.20. The van der Waals surface area contributed by atoms with Crippen molar-refractivity contribution >= 4 is 0 Å². The summed E-state index contributed by atoms with van der Waals surface area (Å²) < 4.78 is 0. The molecule has 2 aliphatic carbocycles. The molecule has 2 fully saturated rings. The molecular weight excluding hydrogens is 152 g/mol. The van der Waals surface area contributed by atoms with Gasteiger partial charge in [-0.1, -0.05) is 19.8 Å². The molecule has 0 aromatic heterocycles. The Kier molecular flexibility index (Phi) is 1.74. The molecule has 3 atom stereocenters. The van der Waals surface area contributed by atoms with E-state index < -0.39 is 5.60 Å². The van der Waals surface area contributed by atoms with Gasteiger partial charge >= 0.3 is 0 Å². The highest BCUT2D eigenvalue weighted by Gasteiger charge is 2.61. The molecule has 0 bridgehead atoms. The van der Waals surface area contributed by atoms with Gasteiger partial charge in [-0.25, -0.2) is 0 Å². The standard InChI is InChI=1S/C10H18O2/c1-9-4-2-3-5-10(9,12)8(6-9)7-11/h8,11-12H,2-7H2,1H3/t8-,9-,10-/m0/s1. The molecule has 70 valence electrons. The van der Waals surface area contributed by atoms with Crippen LogP contribution in [-0.2, 0) is 0 Å². The van der Waals surface area contributed by atoms with Gasteiger partial charge in [0.05, 0.1) is 5.60 Å². The van der Waals surface area contributed by atoms with Crippen LogP contribution >= 0.6 is 0 Å². The highest BCUT2D eigenvalue weighted by atomic mass is 16.3. The van der Waals surface area contributed by atoms with Gasteiger partial charge in [0.15, 0.2) is 0 Å². The molecule has 0 heterocycles. The van der Waals surface area contributed by atoms with E-state index in [0.717, 1.165) is 25.7 Å². The Labute approximate surface area is 73.6 Å². The van der Waals surface area contributed by atoms with Crippen LogP contribution in [0.2, 0.25) is 0 Å². The van der Waals surface area contributed by atoms with Crippen molar-refractivity contribution in [2.75, 3.05) is 6.61 Å². The minimum absolute atomic E-state index is 0.124. The number of fused-ring (bicyclic) bond motifs is 1. The summed E-state index contributed by atoms with van der Waals surface area (Å²) in [5, 5.41) is 19.3. The second kappa shape index (κ2) is 2.46. The highest BCUT2D eigenvalue weighted by molar-refractivity contribution is 5.12. The van der Waals surface area contributed by atoms with Gasteiger partial charge in [-0.05, 0) is 24.7 Å². The molecule has 2 nitrogen and oxygen atoms in total. The summed E-state index contributed by atoms with van der Waals surface area (Å²) in [5.41, 5.74) is -0.404. The van der Waals surface area contributed by atoms with Crippen LogP contribution in [-0.4, -0.2) is 22.4 Å². The summed E-state index contributed by atoms with van der Waals surface area (Å²) in [6.45, 7) is 2.32. The molecule has 0 saturated heterocycles. The fraction of sp³-hybridized carbons (Fsp3) is 1.00. The van der Waals surface area contributed by atoms with Crippen LogP contribution in [0.5, 0.6) is 0 Å². The van der Waals surface area contributed by atoms with Gasteiger partial charge in [0, 0.05) is 12.5 Å². The largest absolute Gasteiger partial charge is 0.396 e. The summed E-state index contributed by atoms with van der Waals surface area (Å²) in [6.07, 6.45) is 5.42. The smallest absolute Gasteiger partial charge is 0.0751 e. The average molecular weight is 170 g/mol. The third-order valence-corrected chi connectivity index (χ3v) is 4.17. The quantitative estimate of drug-likeness (QED) is 0.623. The Morgan fingerprint density at radius 2 is 2.00 bits per heavy atom. The maximum atomic E-state index is 10.3. The van der Waals surface area contributed by atoms with Crippen LogP contribution in [0.25, 0.3) is 0 Å². The van der Waals surface area contributed by atoms with E-state index in [-0.39, 0.29) is 17.9 Å². The van der Waals surface area contributed by atoms with Crippen molar-refractivity contribution in [2.45, 2.75) is 44.6 Å². The van der Waals surface area contributed by atoms with E-state index in [4.69, 9.17) is 5.11 Å². The van der Waals surface area contributed by atoms with Crippen LogP contribution in [0.3, 0.4) is 0 Å². The van der Waals surface area contributed by atoms with Gasteiger partial charge in [0.2, 0.25) is 0 Å². The van der Waals surface area contributed by atoms with Gasteiger partial charge in [0.25, 0.3) is 0 Å². The molecule has 2 heteroatoms. The van der Waals surface area contributed by atoms with Crippen molar-refractivity contribution in [3.8, 4) is 0 Å². The Morgan fingerprint density at radius 1 is 1.33 bits per heavy atom. The first kappa shape index (κ1) is 8.52. The summed E-state index contributed by atoms with van der Waals surface area (Å²) in [7, 11) is 0. The molecule has 0 amide bonds. The zero-order valence-electron chi connectivity index (χ0n) is 7.71. The molecule has 0 radical (unpaired) electrons. The summed E-state index contributed by atoms with van der Waals surface area (Å²) >= 11 is 0.